The fourth-order valence-electron chi connectivity index (χ4n) is 2.49. The Morgan fingerprint density at radius 1 is 1.30 bits per heavy atom. The first-order valence-electron chi connectivity index (χ1n) is 7.47. The van der Waals surface area contributed by atoms with Crippen LogP contribution in [0.15, 0.2) is 30.7 Å². The molecule has 0 saturated carbocycles. The van der Waals surface area contributed by atoms with Crippen LogP contribution in [0, 0.1) is 0 Å². The Hall–Kier alpha value is -2.34. The Balaban J connectivity index is 1.86. The van der Waals surface area contributed by atoms with Gasteiger partial charge < -0.3 is 9.14 Å². The fourth-order valence-corrected chi connectivity index (χ4v) is 2.78. The van der Waals surface area contributed by atoms with Crippen LogP contribution in [0.2, 0.25) is 5.02 Å². The summed E-state index contributed by atoms with van der Waals surface area (Å²) in [6, 6.07) is 3.75. The number of pyridine rings is 1. The van der Waals surface area contributed by atoms with E-state index in [4.69, 9.17) is 16.3 Å². The largest absolute Gasteiger partial charge is 0.462 e. The maximum absolute atomic E-state index is 11.7. The molecule has 120 valence electrons. The quantitative estimate of drug-likeness (QED) is 0.674. The molecule has 0 saturated heterocycles. The first-order valence-corrected chi connectivity index (χ1v) is 7.85. The van der Waals surface area contributed by atoms with Crippen LogP contribution in [0.5, 0.6) is 0 Å². The molecule has 0 atom stereocenters. The van der Waals surface area contributed by atoms with Crippen LogP contribution >= 0.6 is 11.6 Å². The number of carbonyl (C=O) groups is 1. The lowest BCUT2D eigenvalue weighted by molar-refractivity contribution is 0.0526. The highest BCUT2D eigenvalue weighted by Crippen LogP contribution is 2.19. The molecular weight excluding hydrogens is 316 g/mol. The minimum absolute atomic E-state index is 0.344. The van der Waals surface area contributed by atoms with Gasteiger partial charge in [-0.2, -0.15) is 5.10 Å². The van der Waals surface area contributed by atoms with Crippen molar-refractivity contribution in [3.63, 3.8) is 0 Å². The van der Waals surface area contributed by atoms with Crippen LogP contribution in [-0.4, -0.2) is 31.7 Å². The van der Waals surface area contributed by atoms with E-state index < -0.39 is 0 Å². The van der Waals surface area contributed by atoms with Crippen molar-refractivity contribution in [2.45, 2.75) is 26.8 Å². The number of halogens is 1. The predicted molar refractivity (Wildman–Crippen MR) is 86.9 cm³/mol. The van der Waals surface area contributed by atoms with Crippen molar-refractivity contribution in [2.75, 3.05) is 6.61 Å². The van der Waals surface area contributed by atoms with Crippen molar-refractivity contribution in [2.24, 2.45) is 0 Å². The minimum Gasteiger partial charge on any atom is -0.462 e. The van der Waals surface area contributed by atoms with E-state index in [9.17, 15) is 4.79 Å². The molecule has 3 aromatic heterocycles. The highest BCUT2D eigenvalue weighted by Gasteiger charge is 2.12. The molecule has 6 nitrogen and oxygen atoms in total. The monoisotopic (exact) mass is 332 g/mol. The van der Waals surface area contributed by atoms with E-state index in [1.54, 1.807) is 17.8 Å². The van der Waals surface area contributed by atoms with Gasteiger partial charge in [0.05, 0.1) is 35.6 Å². The normalized spacial score (nSPS) is 11.1. The summed E-state index contributed by atoms with van der Waals surface area (Å²) in [7, 11) is 0. The van der Waals surface area contributed by atoms with Crippen LogP contribution in [0.4, 0.5) is 0 Å². The summed E-state index contributed by atoms with van der Waals surface area (Å²) in [5, 5.41) is 4.91. The van der Waals surface area contributed by atoms with Crippen molar-refractivity contribution < 1.29 is 9.53 Å². The van der Waals surface area contributed by atoms with Gasteiger partial charge in [0.1, 0.15) is 5.65 Å². The maximum atomic E-state index is 11.7. The van der Waals surface area contributed by atoms with E-state index in [0.717, 1.165) is 28.5 Å². The van der Waals surface area contributed by atoms with E-state index in [1.165, 1.54) is 6.20 Å². The zero-order chi connectivity index (χ0) is 16.4. The van der Waals surface area contributed by atoms with Gasteiger partial charge in [0.15, 0.2) is 0 Å². The zero-order valence-corrected chi connectivity index (χ0v) is 13.7. The van der Waals surface area contributed by atoms with E-state index in [2.05, 4.69) is 17.0 Å². The highest BCUT2D eigenvalue weighted by atomic mass is 35.5. The molecule has 7 heteroatoms. The van der Waals surface area contributed by atoms with Crippen LogP contribution in [0.1, 0.15) is 35.6 Å². The average Bonchev–Trinajstić information content (AvgIpc) is 3.14. The second-order valence-corrected chi connectivity index (χ2v) is 5.50. The van der Waals surface area contributed by atoms with Gasteiger partial charge in [-0.3, -0.25) is 4.68 Å². The third-order valence-electron chi connectivity index (χ3n) is 3.53. The smallest absolute Gasteiger partial charge is 0.341 e. The van der Waals surface area contributed by atoms with Gasteiger partial charge in [0, 0.05) is 18.1 Å². The summed E-state index contributed by atoms with van der Waals surface area (Å²) in [6.07, 6.45) is 5.93. The van der Waals surface area contributed by atoms with Gasteiger partial charge >= 0.3 is 5.97 Å². The zero-order valence-electron chi connectivity index (χ0n) is 13.0. The number of esters is 1. The Bertz CT molecular complexity index is 853. The van der Waals surface area contributed by atoms with Gasteiger partial charge in [-0.25, -0.2) is 9.78 Å². The number of fused-ring (bicyclic) bond motifs is 1. The van der Waals surface area contributed by atoms with Crippen LogP contribution in [0.3, 0.4) is 0 Å². The van der Waals surface area contributed by atoms with Gasteiger partial charge in [-0.15, -0.1) is 0 Å². The Labute approximate surface area is 138 Å². The standard InChI is InChI=1S/C16H17ClN4O2/c1-3-14-13(17)5-6-15-19-12(10-21(14)15)9-20-8-11(7-18-20)16(22)23-4-2/h5-8,10H,3-4,9H2,1-2H3. The lowest BCUT2D eigenvalue weighted by atomic mass is 10.3. The van der Waals surface area contributed by atoms with E-state index in [0.29, 0.717) is 18.7 Å². The van der Waals surface area contributed by atoms with Crippen LogP contribution in [0.25, 0.3) is 5.65 Å². The van der Waals surface area contributed by atoms with Crippen LogP contribution in [-0.2, 0) is 17.7 Å². The first-order chi connectivity index (χ1) is 11.1. The average molecular weight is 333 g/mol. The molecule has 3 heterocycles. The Morgan fingerprint density at radius 3 is 2.87 bits per heavy atom. The summed E-state index contributed by atoms with van der Waals surface area (Å²) in [5.74, 6) is -0.367. The summed E-state index contributed by atoms with van der Waals surface area (Å²) in [4.78, 5) is 16.2. The Kier molecular flexibility index (Phi) is 4.34. The van der Waals surface area contributed by atoms with Gasteiger partial charge in [0.25, 0.3) is 0 Å². The molecule has 0 amide bonds. The molecular formula is C16H17ClN4O2. The molecule has 23 heavy (non-hydrogen) atoms. The van der Waals surface area contributed by atoms with Crippen molar-refractivity contribution in [1.29, 1.82) is 0 Å². The summed E-state index contributed by atoms with van der Waals surface area (Å²) < 4.78 is 8.62. The molecule has 0 aliphatic heterocycles. The molecule has 0 spiro atoms. The summed E-state index contributed by atoms with van der Waals surface area (Å²) in [6.45, 7) is 4.65. The van der Waals surface area contributed by atoms with E-state index >= 15 is 0 Å². The van der Waals surface area contributed by atoms with Crippen LogP contribution < -0.4 is 0 Å². The lowest BCUT2D eigenvalue weighted by Gasteiger charge is -2.03. The van der Waals surface area contributed by atoms with Gasteiger partial charge in [-0.1, -0.05) is 18.5 Å². The number of hydrogen-bond acceptors (Lipinski definition) is 4. The van der Waals surface area contributed by atoms with Gasteiger partial charge in [0.2, 0.25) is 0 Å². The molecule has 0 bridgehead atoms. The number of rotatable bonds is 5. The highest BCUT2D eigenvalue weighted by molar-refractivity contribution is 6.31. The number of imidazole rings is 1. The third-order valence-corrected chi connectivity index (χ3v) is 3.88. The third kappa shape index (κ3) is 3.07. The Morgan fingerprint density at radius 2 is 2.13 bits per heavy atom. The number of aryl methyl sites for hydroxylation is 1. The fraction of sp³-hybridized carbons (Fsp3) is 0.312. The number of nitrogens with zero attached hydrogens (tertiary/aromatic N) is 4. The molecule has 0 N–H and O–H groups in total. The van der Waals surface area contributed by atoms with E-state index in [-0.39, 0.29) is 5.97 Å². The predicted octanol–water partition coefficient (Wildman–Crippen LogP) is 2.97. The molecule has 3 rings (SSSR count). The minimum atomic E-state index is -0.367. The summed E-state index contributed by atoms with van der Waals surface area (Å²) in [5.41, 5.74) is 3.16. The lowest BCUT2D eigenvalue weighted by Crippen LogP contribution is -2.04. The first kappa shape index (κ1) is 15.6. The molecule has 0 aromatic carbocycles. The number of ether oxygens (including phenoxy) is 1. The number of hydrogen-bond donors (Lipinski definition) is 0. The topological polar surface area (TPSA) is 61.4 Å². The van der Waals surface area contributed by atoms with Gasteiger partial charge in [-0.05, 0) is 25.5 Å². The second kappa shape index (κ2) is 6.42. The van der Waals surface area contributed by atoms with Crippen molar-refractivity contribution in [1.82, 2.24) is 19.2 Å². The molecule has 0 fully saturated rings. The molecule has 0 aliphatic rings. The number of aromatic nitrogens is 4. The SMILES string of the molecule is CCOC(=O)c1cnn(Cc2cn3c(CC)c(Cl)ccc3n2)c1. The maximum Gasteiger partial charge on any atom is 0.341 e. The van der Waals surface area contributed by atoms with Crippen molar-refractivity contribution >= 4 is 23.2 Å². The number of carbonyl (C=O) groups excluding carboxylic acids is 1. The van der Waals surface area contributed by atoms with Crippen molar-refractivity contribution in [3.05, 3.63) is 52.7 Å². The van der Waals surface area contributed by atoms with Crippen molar-refractivity contribution in [3.8, 4) is 0 Å². The van der Waals surface area contributed by atoms with E-state index in [1.807, 2.05) is 22.7 Å². The molecule has 0 unspecified atom stereocenters. The molecule has 0 radical (unpaired) electrons. The second-order valence-electron chi connectivity index (χ2n) is 5.09. The molecule has 3 aromatic rings. The molecule has 0 aliphatic carbocycles. The summed E-state index contributed by atoms with van der Waals surface area (Å²) >= 11 is 6.22.